The lowest BCUT2D eigenvalue weighted by Crippen LogP contribution is -2.17. The van der Waals surface area contributed by atoms with E-state index in [1.807, 2.05) is 12.1 Å². The summed E-state index contributed by atoms with van der Waals surface area (Å²) in [5, 5.41) is 9.06. The van der Waals surface area contributed by atoms with Gasteiger partial charge in [0.15, 0.2) is 0 Å². The Hall–Kier alpha value is -1.62. The van der Waals surface area contributed by atoms with Crippen LogP contribution in [0.1, 0.15) is 31.2 Å². The molecule has 1 saturated carbocycles. The zero-order valence-corrected chi connectivity index (χ0v) is 9.61. The molecule has 1 fully saturated rings. The van der Waals surface area contributed by atoms with E-state index < -0.39 is 0 Å². The molecule has 0 bridgehead atoms. The number of aliphatic imine (C=N–C) groups is 1. The zero-order valence-electron chi connectivity index (χ0n) is 9.61. The monoisotopic (exact) mass is 212 g/mol. The molecule has 1 aliphatic rings. The van der Waals surface area contributed by atoms with Crippen LogP contribution >= 0.6 is 0 Å². The van der Waals surface area contributed by atoms with Gasteiger partial charge in [-0.2, -0.15) is 5.26 Å². The Labute approximate surface area is 96.6 Å². The molecule has 16 heavy (non-hydrogen) atoms. The van der Waals surface area contributed by atoms with Crippen LogP contribution in [0.3, 0.4) is 0 Å². The summed E-state index contributed by atoms with van der Waals surface area (Å²) in [6, 6.07) is 10.5. The highest BCUT2D eigenvalue weighted by Gasteiger charge is 2.19. The van der Waals surface area contributed by atoms with E-state index in [1.165, 1.54) is 12.0 Å². The summed E-state index contributed by atoms with van der Waals surface area (Å²) in [6.45, 7) is 2.06. The summed E-state index contributed by atoms with van der Waals surface area (Å²) in [7, 11) is 0. The highest BCUT2D eigenvalue weighted by molar-refractivity contribution is 5.91. The minimum absolute atomic E-state index is 0.0364. The van der Waals surface area contributed by atoms with Crippen LogP contribution in [0.15, 0.2) is 29.3 Å². The van der Waals surface area contributed by atoms with E-state index in [2.05, 4.69) is 30.1 Å². The van der Waals surface area contributed by atoms with Crippen LogP contribution in [0.4, 0.5) is 5.69 Å². The van der Waals surface area contributed by atoms with Gasteiger partial charge in [0.1, 0.15) is 0 Å². The fraction of sp³-hybridized carbons (Fsp3) is 0.429. The van der Waals surface area contributed by atoms with Gasteiger partial charge in [-0.3, -0.25) is 4.99 Å². The molecular weight excluding hydrogens is 196 g/mol. The van der Waals surface area contributed by atoms with Crippen LogP contribution < -0.4 is 0 Å². The summed E-state index contributed by atoms with van der Waals surface area (Å²) in [5.41, 5.74) is 3.27. The van der Waals surface area contributed by atoms with Gasteiger partial charge < -0.3 is 0 Å². The number of nitrogens with zero attached hydrogens (tertiary/aromatic N) is 2. The van der Waals surface area contributed by atoms with Crippen molar-refractivity contribution >= 4 is 11.4 Å². The van der Waals surface area contributed by atoms with Crippen LogP contribution in [-0.2, 0) is 0 Å². The molecule has 1 unspecified atom stereocenters. The summed E-state index contributed by atoms with van der Waals surface area (Å²) in [4.78, 5) is 4.63. The molecule has 0 spiro atoms. The Morgan fingerprint density at radius 2 is 2.25 bits per heavy atom. The second-order valence-electron chi connectivity index (χ2n) is 4.37. The molecule has 1 aromatic carbocycles. The molecule has 82 valence electrons. The van der Waals surface area contributed by atoms with Gasteiger partial charge in [-0.15, -0.1) is 0 Å². The van der Waals surface area contributed by atoms with E-state index in [1.54, 1.807) is 0 Å². The van der Waals surface area contributed by atoms with Crippen LogP contribution in [0.25, 0.3) is 0 Å². The van der Waals surface area contributed by atoms with Crippen molar-refractivity contribution in [2.45, 2.75) is 32.6 Å². The topological polar surface area (TPSA) is 36.1 Å². The zero-order chi connectivity index (χ0) is 11.4. The predicted octanol–water partition coefficient (Wildman–Crippen LogP) is 3.78. The molecule has 1 atom stereocenters. The second-order valence-corrected chi connectivity index (χ2v) is 4.37. The molecule has 0 N–H and O–H groups in total. The standard InChI is InChI=1S/C14H16N2/c1-11-5-4-7-13(9-11)16-14-8-3-2-6-12(14)10-15/h4-5,7,9,12H,2-3,6,8H2,1H3/b16-14+. The number of hydrogen-bond donors (Lipinski definition) is 0. The maximum atomic E-state index is 9.06. The maximum Gasteiger partial charge on any atom is 0.0845 e. The lowest BCUT2D eigenvalue weighted by molar-refractivity contribution is 0.601. The van der Waals surface area contributed by atoms with Crippen molar-refractivity contribution in [3.63, 3.8) is 0 Å². The first kappa shape index (κ1) is 10.9. The SMILES string of the molecule is Cc1cccc(/N=C2\CCCCC2C#N)c1. The van der Waals surface area contributed by atoms with Crippen molar-refractivity contribution in [2.24, 2.45) is 10.9 Å². The Kier molecular flexibility index (Phi) is 3.36. The van der Waals surface area contributed by atoms with Crippen LogP contribution in [-0.4, -0.2) is 5.71 Å². The Morgan fingerprint density at radius 1 is 1.38 bits per heavy atom. The molecule has 2 rings (SSSR count). The van der Waals surface area contributed by atoms with Crippen molar-refractivity contribution in [3.8, 4) is 6.07 Å². The quantitative estimate of drug-likeness (QED) is 0.697. The Balaban J connectivity index is 2.25. The number of nitriles is 1. The lowest BCUT2D eigenvalue weighted by Gasteiger charge is -2.18. The third-order valence-electron chi connectivity index (χ3n) is 3.01. The molecule has 0 aromatic heterocycles. The minimum atomic E-state index is 0.0364. The van der Waals surface area contributed by atoms with Crippen molar-refractivity contribution in [1.82, 2.24) is 0 Å². The highest BCUT2D eigenvalue weighted by atomic mass is 14.8. The molecule has 0 saturated heterocycles. The second kappa shape index (κ2) is 4.94. The first-order valence-corrected chi connectivity index (χ1v) is 5.83. The van der Waals surface area contributed by atoms with E-state index in [4.69, 9.17) is 5.26 Å². The average molecular weight is 212 g/mol. The van der Waals surface area contributed by atoms with Crippen molar-refractivity contribution in [1.29, 1.82) is 5.26 Å². The minimum Gasteiger partial charge on any atom is -0.256 e. The molecule has 0 heterocycles. The van der Waals surface area contributed by atoms with Crippen molar-refractivity contribution < 1.29 is 0 Å². The lowest BCUT2D eigenvalue weighted by atomic mass is 9.88. The molecule has 2 heteroatoms. The van der Waals surface area contributed by atoms with E-state index in [-0.39, 0.29) is 5.92 Å². The third kappa shape index (κ3) is 2.49. The molecule has 0 amide bonds. The normalized spacial score (nSPS) is 23.0. The van der Waals surface area contributed by atoms with Gasteiger partial charge in [0.25, 0.3) is 0 Å². The predicted molar refractivity (Wildman–Crippen MR) is 65.8 cm³/mol. The van der Waals surface area contributed by atoms with E-state index in [0.29, 0.717) is 0 Å². The van der Waals surface area contributed by atoms with Crippen LogP contribution in [0.2, 0.25) is 0 Å². The number of hydrogen-bond acceptors (Lipinski definition) is 2. The molecule has 1 aliphatic carbocycles. The molecule has 0 radical (unpaired) electrons. The fourth-order valence-corrected chi connectivity index (χ4v) is 2.13. The first-order chi connectivity index (χ1) is 7.79. The van der Waals surface area contributed by atoms with Crippen molar-refractivity contribution in [3.05, 3.63) is 29.8 Å². The molecule has 0 aliphatic heterocycles. The van der Waals surface area contributed by atoms with E-state index in [9.17, 15) is 0 Å². The summed E-state index contributed by atoms with van der Waals surface area (Å²) in [5.74, 6) is 0.0364. The van der Waals surface area contributed by atoms with Gasteiger partial charge >= 0.3 is 0 Å². The van der Waals surface area contributed by atoms with Crippen molar-refractivity contribution in [2.75, 3.05) is 0 Å². The summed E-state index contributed by atoms with van der Waals surface area (Å²) in [6.07, 6.45) is 4.28. The maximum absolute atomic E-state index is 9.06. The number of benzene rings is 1. The van der Waals surface area contributed by atoms with E-state index in [0.717, 1.165) is 30.7 Å². The highest BCUT2D eigenvalue weighted by Crippen LogP contribution is 2.24. The summed E-state index contributed by atoms with van der Waals surface area (Å²) < 4.78 is 0. The third-order valence-corrected chi connectivity index (χ3v) is 3.01. The largest absolute Gasteiger partial charge is 0.256 e. The van der Waals surface area contributed by atoms with Crippen LogP contribution in [0.5, 0.6) is 0 Å². The van der Waals surface area contributed by atoms with Gasteiger partial charge in [0.05, 0.1) is 17.7 Å². The van der Waals surface area contributed by atoms with Gasteiger partial charge in [-0.1, -0.05) is 18.6 Å². The Morgan fingerprint density at radius 3 is 3.00 bits per heavy atom. The smallest absolute Gasteiger partial charge is 0.0845 e. The van der Waals surface area contributed by atoms with Gasteiger partial charge in [0, 0.05) is 5.71 Å². The first-order valence-electron chi connectivity index (χ1n) is 5.83. The molecule has 1 aromatic rings. The fourth-order valence-electron chi connectivity index (χ4n) is 2.13. The molecule has 2 nitrogen and oxygen atoms in total. The van der Waals surface area contributed by atoms with Gasteiger partial charge in [0.2, 0.25) is 0 Å². The molecular formula is C14H16N2. The number of aryl methyl sites for hydroxylation is 1. The Bertz CT molecular complexity index is 440. The van der Waals surface area contributed by atoms with E-state index >= 15 is 0 Å². The van der Waals surface area contributed by atoms with Gasteiger partial charge in [-0.25, -0.2) is 0 Å². The van der Waals surface area contributed by atoms with Gasteiger partial charge in [-0.05, 0) is 43.9 Å². The van der Waals surface area contributed by atoms with Crippen LogP contribution in [0, 0.1) is 24.2 Å². The number of rotatable bonds is 1. The average Bonchev–Trinajstić information content (AvgIpc) is 2.30. The summed E-state index contributed by atoms with van der Waals surface area (Å²) >= 11 is 0.